The third-order valence-corrected chi connectivity index (χ3v) is 6.73. The largest absolute Gasteiger partial charge is 0.342 e. The van der Waals surface area contributed by atoms with E-state index in [-0.39, 0.29) is 11.8 Å². The average Bonchev–Trinajstić information content (AvgIpc) is 3.64. The molecule has 0 unspecified atom stereocenters. The van der Waals surface area contributed by atoms with Crippen molar-refractivity contribution >= 4 is 11.8 Å². The summed E-state index contributed by atoms with van der Waals surface area (Å²) in [6, 6.07) is 7.55. The van der Waals surface area contributed by atoms with Gasteiger partial charge in [-0.05, 0) is 37.6 Å². The summed E-state index contributed by atoms with van der Waals surface area (Å²) in [5, 5.41) is 14.7. The highest BCUT2D eigenvalue weighted by Crippen LogP contribution is 2.42. The Morgan fingerprint density at radius 2 is 1.95 bits per heavy atom. The third-order valence-electron chi connectivity index (χ3n) is 6.73. The predicted molar refractivity (Wildman–Crippen MR) is 135 cm³/mol. The van der Waals surface area contributed by atoms with Crippen molar-refractivity contribution in [2.75, 3.05) is 5.32 Å². The zero-order valence-corrected chi connectivity index (χ0v) is 21.2. The highest BCUT2D eigenvalue weighted by Gasteiger charge is 2.44. The molecule has 5 heterocycles. The minimum atomic E-state index is -3.71. The number of benzene rings is 1. The molecule has 14 heteroatoms. The van der Waals surface area contributed by atoms with E-state index in [0.29, 0.717) is 29.3 Å². The first-order chi connectivity index (χ1) is 19.1. The summed E-state index contributed by atoms with van der Waals surface area (Å²) in [6.45, 7) is 3.33. The predicted octanol–water partition coefficient (Wildman–Crippen LogP) is 5.57. The number of aromatic nitrogens is 8. The number of alkyl halides is 4. The van der Waals surface area contributed by atoms with Crippen molar-refractivity contribution in [3.05, 3.63) is 77.8 Å². The SMILES string of the molecule is Cc1cnc(Nc2ccnn2CC(F)F)nc1-c1cc2n(c1)C[C@H](C)n1c-2nnc1C(F)(F)c1ccccc1F. The lowest BCUT2D eigenvalue weighted by molar-refractivity contribution is 0.0231. The topological polar surface area (TPSA) is 91.3 Å². The van der Waals surface area contributed by atoms with Crippen LogP contribution in [0.3, 0.4) is 0 Å². The Kier molecular flexibility index (Phi) is 6.11. The van der Waals surface area contributed by atoms with Crippen molar-refractivity contribution in [2.45, 2.75) is 45.3 Å². The Morgan fingerprint density at radius 1 is 1.15 bits per heavy atom. The minimum absolute atomic E-state index is 0.170. The van der Waals surface area contributed by atoms with Gasteiger partial charge in [0.05, 0.1) is 29.2 Å². The van der Waals surface area contributed by atoms with E-state index in [1.54, 1.807) is 19.2 Å². The van der Waals surface area contributed by atoms with E-state index in [0.717, 1.165) is 22.4 Å². The number of hydrogen-bond acceptors (Lipinski definition) is 6. The standard InChI is InChI=1S/C26H22F5N9/c1-14-10-32-25(34-21-7-8-33-39(21)13-20(28)29)35-22(14)16-9-19-23-36-37-24(40(23)15(2)11-38(19)12-16)26(30,31)17-5-3-4-6-18(17)27/h3-10,12,15,20H,11,13H2,1-2H3,(H,32,34,35)/t15-/m0/s1. The molecule has 0 saturated carbocycles. The van der Waals surface area contributed by atoms with Crippen LogP contribution in [0.2, 0.25) is 0 Å². The highest BCUT2D eigenvalue weighted by atomic mass is 19.3. The van der Waals surface area contributed by atoms with Gasteiger partial charge in [-0.2, -0.15) is 13.9 Å². The Bertz CT molecular complexity index is 1700. The van der Waals surface area contributed by atoms with Gasteiger partial charge in [-0.25, -0.2) is 27.8 Å². The van der Waals surface area contributed by atoms with Crippen molar-refractivity contribution in [1.82, 2.24) is 39.1 Å². The molecular formula is C26H22F5N9. The molecular weight excluding hydrogens is 533 g/mol. The van der Waals surface area contributed by atoms with Gasteiger partial charge in [0.1, 0.15) is 18.2 Å². The summed E-state index contributed by atoms with van der Waals surface area (Å²) in [6.07, 6.45) is 2.23. The monoisotopic (exact) mass is 555 g/mol. The highest BCUT2D eigenvalue weighted by molar-refractivity contribution is 5.71. The van der Waals surface area contributed by atoms with Gasteiger partial charge in [-0.15, -0.1) is 10.2 Å². The van der Waals surface area contributed by atoms with Crippen LogP contribution in [0.25, 0.3) is 22.8 Å². The number of halogens is 5. The van der Waals surface area contributed by atoms with Crippen molar-refractivity contribution in [3.8, 4) is 22.8 Å². The molecule has 0 spiro atoms. The Morgan fingerprint density at radius 3 is 2.73 bits per heavy atom. The zero-order valence-electron chi connectivity index (χ0n) is 21.2. The summed E-state index contributed by atoms with van der Waals surface area (Å²) in [5.41, 5.74) is 1.72. The Balaban J connectivity index is 1.36. The maximum absolute atomic E-state index is 15.5. The maximum atomic E-state index is 15.5. The average molecular weight is 556 g/mol. The lowest BCUT2D eigenvalue weighted by Gasteiger charge is -2.27. The first kappa shape index (κ1) is 25.6. The molecule has 0 fully saturated rings. The quantitative estimate of drug-likeness (QED) is 0.264. The van der Waals surface area contributed by atoms with Gasteiger partial charge in [-0.3, -0.25) is 4.57 Å². The van der Waals surface area contributed by atoms with Crippen LogP contribution in [0.5, 0.6) is 0 Å². The van der Waals surface area contributed by atoms with Crippen molar-refractivity contribution in [1.29, 1.82) is 0 Å². The molecule has 0 saturated heterocycles. The molecule has 4 aromatic heterocycles. The van der Waals surface area contributed by atoms with Crippen LogP contribution in [-0.2, 0) is 19.0 Å². The van der Waals surface area contributed by atoms with E-state index >= 15 is 8.78 Å². The molecule has 9 nitrogen and oxygen atoms in total. The van der Waals surface area contributed by atoms with Crippen molar-refractivity contribution < 1.29 is 22.0 Å². The molecule has 1 N–H and O–H groups in total. The lowest BCUT2D eigenvalue weighted by Crippen LogP contribution is -2.28. The van der Waals surface area contributed by atoms with Crippen LogP contribution < -0.4 is 5.32 Å². The molecule has 0 amide bonds. The second-order valence-corrected chi connectivity index (χ2v) is 9.53. The summed E-state index contributed by atoms with van der Waals surface area (Å²) in [4.78, 5) is 8.84. The second-order valence-electron chi connectivity index (χ2n) is 9.53. The summed E-state index contributed by atoms with van der Waals surface area (Å²) >= 11 is 0. The molecule has 1 aliphatic heterocycles. The third kappa shape index (κ3) is 4.28. The van der Waals surface area contributed by atoms with E-state index in [2.05, 4.69) is 30.6 Å². The Hall–Kier alpha value is -4.62. The van der Waals surface area contributed by atoms with Crippen molar-refractivity contribution in [2.24, 2.45) is 0 Å². The molecule has 1 atom stereocenters. The van der Waals surface area contributed by atoms with E-state index in [1.807, 2.05) is 17.7 Å². The van der Waals surface area contributed by atoms with Gasteiger partial charge in [0.2, 0.25) is 11.8 Å². The summed E-state index contributed by atoms with van der Waals surface area (Å²) < 4.78 is 75.4. The molecule has 206 valence electrons. The fourth-order valence-corrected chi connectivity index (χ4v) is 4.90. The number of aryl methyl sites for hydroxylation is 1. The smallest absolute Gasteiger partial charge is 0.334 e. The molecule has 1 aromatic carbocycles. The van der Waals surface area contributed by atoms with Crippen molar-refractivity contribution in [3.63, 3.8) is 0 Å². The lowest BCUT2D eigenvalue weighted by atomic mass is 10.1. The fourth-order valence-electron chi connectivity index (χ4n) is 4.90. The van der Waals surface area contributed by atoms with Gasteiger partial charge in [0.15, 0.2) is 5.82 Å². The van der Waals surface area contributed by atoms with Gasteiger partial charge in [0, 0.05) is 30.6 Å². The molecule has 0 radical (unpaired) electrons. The molecule has 40 heavy (non-hydrogen) atoms. The van der Waals surface area contributed by atoms with E-state index in [1.165, 1.54) is 29.0 Å². The van der Waals surface area contributed by atoms with Gasteiger partial charge in [-0.1, -0.05) is 12.1 Å². The normalized spacial score (nSPS) is 14.8. The first-order valence-electron chi connectivity index (χ1n) is 12.3. The maximum Gasteiger partial charge on any atom is 0.334 e. The van der Waals surface area contributed by atoms with Crippen LogP contribution in [0, 0.1) is 12.7 Å². The fraction of sp³-hybridized carbons (Fsp3) is 0.269. The van der Waals surface area contributed by atoms with Gasteiger partial charge in [0.25, 0.3) is 6.43 Å². The number of anilines is 2. The molecule has 0 bridgehead atoms. The molecule has 1 aliphatic rings. The van der Waals surface area contributed by atoms with Crippen LogP contribution in [0.1, 0.15) is 29.9 Å². The van der Waals surface area contributed by atoms with E-state index < -0.39 is 42.1 Å². The molecule has 0 aliphatic carbocycles. The summed E-state index contributed by atoms with van der Waals surface area (Å²) in [5.74, 6) is -4.68. The molecule has 6 rings (SSSR count). The van der Waals surface area contributed by atoms with E-state index in [4.69, 9.17) is 0 Å². The van der Waals surface area contributed by atoms with Crippen LogP contribution >= 0.6 is 0 Å². The zero-order chi connectivity index (χ0) is 28.2. The summed E-state index contributed by atoms with van der Waals surface area (Å²) in [7, 11) is 0. The first-order valence-corrected chi connectivity index (χ1v) is 12.3. The van der Waals surface area contributed by atoms with Gasteiger partial charge >= 0.3 is 5.92 Å². The Labute approximate surface area is 224 Å². The number of hydrogen-bond donors (Lipinski definition) is 1. The second kappa shape index (κ2) is 9.54. The number of nitrogens with one attached hydrogen (secondary N) is 1. The van der Waals surface area contributed by atoms with Crippen LogP contribution in [0.4, 0.5) is 33.7 Å². The van der Waals surface area contributed by atoms with E-state index in [9.17, 15) is 13.2 Å². The number of fused-ring (bicyclic) bond motifs is 3. The number of rotatable bonds is 7. The van der Waals surface area contributed by atoms with Gasteiger partial charge < -0.3 is 9.88 Å². The number of nitrogens with zero attached hydrogens (tertiary/aromatic N) is 8. The molecule has 5 aromatic rings. The van der Waals surface area contributed by atoms with Crippen LogP contribution in [0.15, 0.2) is 55.0 Å². The minimum Gasteiger partial charge on any atom is -0.342 e. The van der Waals surface area contributed by atoms with Crippen LogP contribution in [-0.4, -0.2) is 45.5 Å².